The monoisotopic (exact) mass is 585 g/mol. The zero-order valence-corrected chi connectivity index (χ0v) is 24.8. The summed E-state index contributed by atoms with van der Waals surface area (Å²) in [5, 5.41) is 12.1. The van der Waals surface area contributed by atoms with Gasteiger partial charge in [-0.15, -0.1) is 0 Å². The number of nitrogens with zero attached hydrogens (tertiary/aromatic N) is 6. The summed E-state index contributed by atoms with van der Waals surface area (Å²) in [5.74, 6) is -0.0352. The van der Waals surface area contributed by atoms with Crippen LogP contribution in [0.5, 0.6) is 0 Å². The lowest BCUT2D eigenvalue weighted by atomic mass is 9.98. The summed E-state index contributed by atoms with van der Waals surface area (Å²) in [4.78, 5) is 40.7. The molecule has 0 radical (unpaired) electrons. The van der Waals surface area contributed by atoms with Gasteiger partial charge in [0.15, 0.2) is 5.82 Å². The number of hydrogen-bond donors (Lipinski definition) is 1. The largest absolute Gasteiger partial charge is 0.461 e. The number of ether oxygens (including phenoxy) is 2. The van der Waals surface area contributed by atoms with Crippen molar-refractivity contribution < 1.29 is 19.1 Å². The van der Waals surface area contributed by atoms with Gasteiger partial charge in [-0.2, -0.15) is 10.2 Å². The molecule has 1 amide bonds. The molecule has 4 heterocycles. The van der Waals surface area contributed by atoms with E-state index >= 15 is 0 Å². The summed E-state index contributed by atoms with van der Waals surface area (Å²) in [7, 11) is 4.98. The Bertz CT molecular complexity index is 1780. The average molecular weight is 586 g/mol. The second-order valence-electron chi connectivity index (χ2n) is 11.0. The molecule has 1 aliphatic carbocycles. The van der Waals surface area contributed by atoms with E-state index in [0.29, 0.717) is 53.7 Å². The zero-order chi connectivity index (χ0) is 30.2. The van der Waals surface area contributed by atoms with E-state index in [-0.39, 0.29) is 23.8 Å². The molecule has 0 fully saturated rings. The first-order valence-electron chi connectivity index (χ1n) is 14.4. The number of rotatable bonds is 8. The molecule has 0 saturated heterocycles. The standard InChI is InChI=1S/C31H35N7O5/c1-19(39)43-18-23-22(24-16-25(30(40)36(3)33-24)32-29-15-21(17-42-4)35(2)34-29)9-7-11-27(23)38-13-12-37-26-10-6-5-8-20(26)14-28(37)31(38)41/h7,9,11,14-16H,5-6,8,10,12-13,17-18H2,1-4H3,(H,32,34). The SMILES string of the molecule is COCc1cc(Nc2cc(-c3cccc(N4CCn5c(cc6c5CCCC6)C4=O)c3COC(C)=O)nn(C)c2=O)nn1C. The maximum Gasteiger partial charge on any atom is 0.302 e. The van der Waals surface area contributed by atoms with Crippen LogP contribution in [-0.4, -0.2) is 49.7 Å². The highest BCUT2D eigenvalue weighted by Crippen LogP contribution is 2.35. The van der Waals surface area contributed by atoms with Crippen LogP contribution in [0.15, 0.2) is 41.2 Å². The highest BCUT2D eigenvalue weighted by molar-refractivity contribution is 6.07. The van der Waals surface area contributed by atoms with Gasteiger partial charge in [0.1, 0.15) is 18.0 Å². The number of amides is 1. The predicted octanol–water partition coefficient (Wildman–Crippen LogP) is 3.47. The number of aromatic nitrogens is 5. The van der Waals surface area contributed by atoms with Crippen molar-refractivity contribution in [2.24, 2.45) is 14.1 Å². The Morgan fingerprint density at radius 3 is 2.60 bits per heavy atom. The summed E-state index contributed by atoms with van der Waals surface area (Å²) < 4.78 is 15.8. The van der Waals surface area contributed by atoms with Crippen molar-refractivity contribution in [2.45, 2.75) is 52.4 Å². The van der Waals surface area contributed by atoms with Crippen molar-refractivity contribution in [2.75, 3.05) is 23.9 Å². The molecular weight excluding hydrogens is 550 g/mol. The number of methoxy groups -OCH3 is 1. The molecule has 0 spiro atoms. The minimum Gasteiger partial charge on any atom is -0.461 e. The zero-order valence-electron chi connectivity index (χ0n) is 24.8. The van der Waals surface area contributed by atoms with Crippen LogP contribution in [0.25, 0.3) is 11.3 Å². The fraction of sp³-hybridized carbons (Fsp3) is 0.387. The molecular formula is C31H35N7O5. The van der Waals surface area contributed by atoms with Gasteiger partial charge in [0.25, 0.3) is 11.5 Å². The molecule has 2 aliphatic rings. The molecule has 12 heteroatoms. The first kappa shape index (κ1) is 28.4. The number of anilines is 3. The molecule has 0 atom stereocenters. The van der Waals surface area contributed by atoms with Crippen molar-refractivity contribution >= 4 is 29.1 Å². The number of nitrogens with one attached hydrogen (secondary N) is 1. The summed E-state index contributed by atoms with van der Waals surface area (Å²) in [6.45, 7) is 2.84. The Morgan fingerprint density at radius 1 is 1.00 bits per heavy atom. The number of carbonyl (C=O) groups excluding carboxylic acids is 2. The molecule has 6 rings (SSSR count). The Hall–Kier alpha value is -4.71. The summed E-state index contributed by atoms with van der Waals surface area (Å²) in [6, 6.07) is 11.1. The smallest absolute Gasteiger partial charge is 0.302 e. The Kier molecular flexibility index (Phi) is 7.61. The minimum absolute atomic E-state index is 0.0595. The van der Waals surface area contributed by atoms with E-state index in [4.69, 9.17) is 9.47 Å². The van der Waals surface area contributed by atoms with Crippen LogP contribution < -0.4 is 15.8 Å². The van der Waals surface area contributed by atoms with Gasteiger partial charge in [0.05, 0.1) is 23.7 Å². The van der Waals surface area contributed by atoms with E-state index in [9.17, 15) is 14.4 Å². The molecule has 1 aliphatic heterocycles. The first-order valence-corrected chi connectivity index (χ1v) is 14.4. The molecule has 0 unspecified atom stereocenters. The van der Waals surface area contributed by atoms with E-state index in [0.717, 1.165) is 31.4 Å². The topological polar surface area (TPSA) is 126 Å². The molecule has 224 valence electrons. The van der Waals surface area contributed by atoms with Crippen LogP contribution in [0.3, 0.4) is 0 Å². The number of fused-ring (bicyclic) bond motifs is 3. The van der Waals surface area contributed by atoms with Crippen LogP contribution >= 0.6 is 0 Å². The van der Waals surface area contributed by atoms with Crippen LogP contribution in [-0.2, 0) is 61.0 Å². The van der Waals surface area contributed by atoms with E-state index in [1.165, 1.54) is 22.9 Å². The third kappa shape index (κ3) is 5.34. The summed E-state index contributed by atoms with van der Waals surface area (Å²) in [6.07, 6.45) is 4.27. The van der Waals surface area contributed by atoms with Crippen LogP contribution in [0.4, 0.5) is 17.2 Å². The fourth-order valence-corrected chi connectivity index (χ4v) is 6.08. The highest BCUT2D eigenvalue weighted by Gasteiger charge is 2.32. The molecule has 0 bridgehead atoms. The molecule has 12 nitrogen and oxygen atoms in total. The second kappa shape index (κ2) is 11.5. The third-order valence-electron chi connectivity index (χ3n) is 8.15. The molecule has 4 aromatic rings. The average Bonchev–Trinajstić information content (AvgIpc) is 3.54. The maximum atomic E-state index is 13.9. The number of benzene rings is 1. The van der Waals surface area contributed by atoms with Gasteiger partial charge >= 0.3 is 5.97 Å². The van der Waals surface area contributed by atoms with E-state index < -0.39 is 5.97 Å². The van der Waals surface area contributed by atoms with E-state index in [1.807, 2.05) is 30.3 Å². The number of esters is 1. The van der Waals surface area contributed by atoms with Gasteiger partial charge in [0, 0.05) is 64.1 Å². The first-order chi connectivity index (χ1) is 20.7. The molecule has 0 saturated carbocycles. The molecule has 1 aromatic carbocycles. The van der Waals surface area contributed by atoms with Crippen molar-refractivity contribution in [3.63, 3.8) is 0 Å². The fourth-order valence-electron chi connectivity index (χ4n) is 6.08. The van der Waals surface area contributed by atoms with Gasteiger partial charge in [-0.25, -0.2) is 4.68 Å². The van der Waals surface area contributed by atoms with Gasteiger partial charge in [-0.1, -0.05) is 12.1 Å². The van der Waals surface area contributed by atoms with Gasteiger partial charge in [-0.05, 0) is 49.4 Å². The van der Waals surface area contributed by atoms with Gasteiger partial charge in [-0.3, -0.25) is 19.1 Å². The maximum absolute atomic E-state index is 13.9. The van der Waals surface area contributed by atoms with Crippen molar-refractivity contribution in [1.29, 1.82) is 0 Å². The lowest BCUT2D eigenvalue weighted by Crippen LogP contribution is -2.41. The van der Waals surface area contributed by atoms with Crippen molar-refractivity contribution in [3.8, 4) is 11.3 Å². The van der Waals surface area contributed by atoms with E-state index in [1.54, 1.807) is 36.9 Å². The normalized spacial score (nSPS) is 14.4. The van der Waals surface area contributed by atoms with Crippen molar-refractivity contribution in [1.82, 2.24) is 24.1 Å². The number of aryl methyl sites for hydroxylation is 3. The van der Waals surface area contributed by atoms with Gasteiger partial charge < -0.3 is 24.3 Å². The second-order valence-corrected chi connectivity index (χ2v) is 11.0. The molecule has 3 aromatic heterocycles. The van der Waals surface area contributed by atoms with Gasteiger partial charge in [0.2, 0.25) is 0 Å². The summed E-state index contributed by atoms with van der Waals surface area (Å²) in [5.41, 5.74) is 6.41. The number of carbonyl (C=O) groups is 2. The van der Waals surface area contributed by atoms with Crippen LogP contribution in [0.1, 0.15) is 52.8 Å². The third-order valence-corrected chi connectivity index (χ3v) is 8.15. The summed E-state index contributed by atoms with van der Waals surface area (Å²) >= 11 is 0. The minimum atomic E-state index is -0.440. The highest BCUT2D eigenvalue weighted by atomic mass is 16.5. The predicted molar refractivity (Wildman–Crippen MR) is 160 cm³/mol. The van der Waals surface area contributed by atoms with Crippen molar-refractivity contribution in [3.05, 3.63) is 75.0 Å². The Balaban J connectivity index is 1.40. The van der Waals surface area contributed by atoms with E-state index in [2.05, 4.69) is 20.1 Å². The lowest BCUT2D eigenvalue weighted by Gasteiger charge is -2.31. The molecule has 1 N–H and O–H groups in total. The number of hydrogen-bond acceptors (Lipinski definition) is 8. The Morgan fingerprint density at radius 2 is 1.81 bits per heavy atom. The lowest BCUT2D eigenvalue weighted by molar-refractivity contribution is -0.142. The Labute approximate surface area is 248 Å². The molecule has 43 heavy (non-hydrogen) atoms. The van der Waals surface area contributed by atoms with Crippen LogP contribution in [0.2, 0.25) is 0 Å². The van der Waals surface area contributed by atoms with Crippen LogP contribution in [0, 0.1) is 0 Å². The quantitative estimate of drug-likeness (QED) is 0.312.